The van der Waals surface area contributed by atoms with E-state index in [1.807, 2.05) is 0 Å². The number of nitrogens with zero attached hydrogens (tertiary/aromatic N) is 4. The van der Waals surface area contributed by atoms with Crippen LogP contribution in [0.3, 0.4) is 0 Å². The number of aliphatic hydroxyl groups excluding tert-OH is 1. The number of rotatable bonds is 8. The molecule has 0 amide bonds. The number of ether oxygens (including phenoxy) is 1. The molecule has 7 heteroatoms. The highest BCUT2D eigenvalue weighted by Gasteiger charge is 2.34. The van der Waals surface area contributed by atoms with Crippen molar-refractivity contribution >= 4 is 16.5 Å². The van der Waals surface area contributed by atoms with Crippen molar-refractivity contribution in [2.45, 2.75) is 13.3 Å². The van der Waals surface area contributed by atoms with Gasteiger partial charge in [-0.1, -0.05) is 18.3 Å². The van der Waals surface area contributed by atoms with Crippen molar-refractivity contribution < 1.29 is 9.84 Å². The summed E-state index contributed by atoms with van der Waals surface area (Å²) in [7, 11) is 3.83. The minimum absolute atomic E-state index is 0.235. The lowest BCUT2D eigenvalue weighted by Gasteiger charge is -2.23. The minimum Gasteiger partial charge on any atom is -0.396 e. The number of aliphatic hydroxyl groups is 1. The molecular weight excluding hydrogens is 288 g/mol. The van der Waals surface area contributed by atoms with E-state index < -0.39 is 0 Å². The first-order valence-corrected chi connectivity index (χ1v) is 8.35. The molecule has 0 bridgehead atoms. The second-order valence-corrected chi connectivity index (χ2v) is 6.74. The molecule has 2 rings (SSSR count). The van der Waals surface area contributed by atoms with Gasteiger partial charge >= 0.3 is 0 Å². The molecule has 0 saturated carbocycles. The van der Waals surface area contributed by atoms with Gasteiger partial charge < -0.3 is 19.6 Å². The van der Waals surface area contributed by atoms with E-state index in [-0.39, 0.29) is 6.61 Å². The predicted octanol–water partition coefficient (Wildman–Crippen LogP) is 0.723. The molecule has 1 N–H and O–H groups in total. The van der Waals surface area contributed by atoms with E-state index in [4.69, 9.17) is 4.74 Å². The number of hydrogen-bond acceptors (Lipinski definition) is 7. The fraction of sp³-hybridized carbons (Fsp3) is 0.857. The molecule has 120 valence electrons. The Morgan fingerprint density at radius 3 is 2.76 bits per heavy atom. The molecule has 1 aliphatic heterocycles. The molecule has 0 radical (unpaired) electrons. The summed E-state index contributed by atoms with van der Waals surface area (Å²) in [6, 6.07) is 0. The monoisotopic (exact) mass is 314 g/mol. The molecule has 2 heterocycles. The average molecular weight is 314 g/mol. The van der Waals surface area contributed by atoms with Crippen molar-refractivity contribution in [1.82, 2.24) is 15.1 Å². The van der Waals surface area contributed by atoms with Crippen molar-refractivity contribution in [2.75, 3.05) is 58.5 Å². The summed E-state index contributed by atoms with van der Waals surface area (Å²) < 4.78 is 5.12. The van der Waals surface area contributed by atoms with Crippen LogP contribution >= 0.6 is 11.3 Å². The fourth-order valence-electron chi connectivity index (χ4n) is 2.76. The van der Waals surface area contributed by atoms with Crippen molar-refractivity contribution in [1.29, 1.82) is 0 Å². The van der Waals surface area contributed by atoms with Gasteiger partial charge in [0.15, 0.2) is 0 Å². The molecule has 2 atom stereocenters. The molecular formula is C14H26N4O2S. The first-order valence-electron chi connectivity index (χ1n) is 7.53. The molecule has 6 nitrogen and oxygen atoms in total. The van der Waals surface area contributed by atoms with E-state index in [1.165, 1.54) is 0 Å². The Labute approximate surface area is 130 Å². The summed E-state index contributed by atoms with van der Waals surface area (Å²) >= 11 is 1.67. The third-order valence-electron chi connectivity index (χ3n) is 4.06. The molecule has 0 unspecified atom stereocenters. The second kappa shape index (κ2) is 8.03. The SMILES string of the molecule is CCc1nnc(N2C[C@@H](CN(C)CCOC)[C@@H](CO)C2)s1. The summed E-state index contributed by atoms with van der Waals surface area (Å²) in [4.78, 5) is 4.55. The maximum absolute atomic E-state index is 9.64. The molecule has 0 aliphatic carbocycles. The largest absolute Gasteiger partial charge is 0.396 e. The van der Waals surface area contributed by atoms with Crippen molar-refractivity contribution in [3.05, 3.63) is 5.01 Å². The highest BCUT2D eigenvalue weighted by atomic mass is 32.1. The predicted molar refractivity (Wildman–Crippen MR) is 84.9 cm³/mol. The smallest absolute Gasteiger partial charge is 0.208 e. The van der Waals surface area contributed by atoms with E-state index >= 15 is 0 Å². The summed E-state index contributed by atoms with van der Waals surface area (Å²) in [6.45, 7) is 6.79. The zero-order valence-corrected chi connectivity index (χ0v) is 14.0. The summed E-state index contributed by atoms with van der Waals surface area (Å²) in [5, 5.41) is 20.2. The van der Waals surface area contributed by atoms with Crippen LogP contribution in [0.5, 0.6) is 0 Å². The zero-order valence-electron chi connectivity index (χ0n) is 13.2. The van der Waals surface area contributed by atoms with Crippen LogP contribution in [-0.4, -0.2) is 73.8 Å². The molecule has 0 aromatic carbocycles. The molecule has 1 aromatic heterocycles. The van der Waals surface area contributed by atoms with Crippen molar-refractivity contribution in [2.24, 2.45) is 11.8 Å². The Morgan fingerprint density at radius 2 is 2.14 bits per heavy atom. The lowest BCUT2D eigenvalue weighted by molar-refractivity contribution is 0.136. The first-order chi connectivity index (χ1) is 10.2. The van der Waals surface area contributed by atoms with Crippen LogP contribution in [0.15, 0.2) is 0 Å². The summed E-state index contributed by atoms with van der Waals surface area (Å²) in [5.74, 6) is 0.773. The van der Waals surface area contributed by atoms with E-state index in [0.29, 0.717) is 11.8 Å². The first kappa shape index (κ1) is 16.6. The number of hydrogen-bond donors (Lipinski definition) is 1. The number of aryl methyl sites for hydroxylation is 1. The van der Waals surface area contributed by atoms with Crippen molar-refractivity contribution in [3.63, 3.8) is 0 Å². The van der Waals surface area contributed by atoms with Crippen LogP contribution in [0.4, 0.5) is 5.13 Å². The van der Waals surface area contributed by atoms with Crippen LogP contribution in [0.25, 0.3) is 0 Å². The highest BCUT2D eigenvalue weighted by molar-refractivity contribution is 7.15. The Hall–Kier alpha value is -0.760. The number of likely N-dealkylation sites (N-methyl/N-ethyl adjacent to an activating group) is 1. The fourth-order valence-corrected chi connectivity index (χ4v) is 3.56. The van der Waals surface area contributed by atoms with Crippen LogP contribution in [0, 0.1) is 11.8 Å². The zero-order chi connectivity index (χ0) is 15.2. The summed E-state index contributed by atoms with van der Waals surface area (Å²) in [5.41, 5.74) is 0. The lowest BCUT2D eigenvalue weighted by atomic mass is 9.96. The van der Waals surface area contributed by atoms with E-state index in [9.17, 15) is 5.11 Å². The van der Waals surface area contributed by atoms with Crippen LogP contribution in [-0.2, 0) is 11.2 Å². The standard InChI is InChI=1S/C14H26N4O2S/c1-4-13-15-16-14(21-13)18-8-11(12(9-18)10-19)7-17(2)5-6-20-3/h11-12,19H,4-10H2,1-3H3/t11-,12-/m1/s1. The van der Waals surface area contributed by atoms with Gasteiger partial charge in [-0.3, -0.25) is 0 Å². The molecule has 1 fully saturated rings. The van der Waals surface area contributed by atoms with Gasteiger partial charge in [0.05, 0.1) is 6.61 Å². The van der Waals surface area contributed by atoms with E-state index in [1.54, 1.807) is 18.4 Å². The Kier molecular flexibility index (Phi) is 6.35. The van der Waals surface area contributed by atoms with E-state index in [2.05, 4.69) is 34.0 Å². The lowest BCUT2D eigenvalue weighted by Crippen LogP contribution is -2.33. The van der Waals surface area contributed by atoms with Gasteiger partial charge in [-0.25, -0.2) is 0 Å². The molecule has 21 heavy (non-hydrogen) atoms. The molecule has 1 aromatic rings. The molecule has 0 spiro atoms. The van der Waals surface area contributed by atoms with Gasteiger partial charge in [-0.05, 0) is 19.4 Å². The quantitative estimate of drug-likeness (QED) is 0.763. The highest BCUT2D eigenvalue weighted by Crippen LogP contribution is 2.30. The van der Waals surface area contributed by atoms with Crippen molar-refractivity contribution in [3.8, 4) is 0 Å². The maximum Gasteiger partial charge on any atom is 0.208 e. The third kappa shape index (κ3) is 4.35. The van der Waals surface area contributed by atoms with Crippen LogP contribution in [0.1, 0.15) is 11.9 Å². The molecule has 1 saturated heterocycles. The van der Waals surface area contributed by atoms with Gasteiger partial charge in [0.1, 0.15) is 5.01 Å². The topological polar surface area (TPSA) is 61.7 Å². The van der Waals surface area contributed by atoms with Gasteiger partial charge in [-0.15, -0.1) is 10.2 Å². The maximum atomic E-state index is 9.64. The number of aromatic nitrogens is 2. The van der Waals surface area contributed by atoms with Gasteiger partial charge in [-0.2, -0.15) is 0 Å². The van der Waals surface area contributed by atoms with E-state index in [0.717, 1.165) is 49.3 Å². The molecule has 1 aliphatic rings. The van der Waals surface area contributed by atoms with Gasteiger partial charge in [0, 0.05) is 45.8 Å². The van der Waals surface area contributed by atoms with Gasteiger partial charge in [0.2, 0.25) is 5.13 Å². The Balaban J connectivity index is 1.93. The normalized spacial score (nSPS) is 22.4. The second-order valence-electron chi connectivity index (χ2n) is 5.69. The number of methoxy groups -OCH3 is 1. The Morgan fingerprint density at radius 1 is 1.38 bits per heavy atom. The summed E-state index contributed by atoms with van der Waals surface area (Å²) in [6.07, 6.45) is 0.929. The minimum atomic E-state index is 0.235. The van der Waals surface area contributed by atoms with Crippen LogP contribution in [0.2, 0.25) is 0 Å². The average Bonchev–Trinajstić information content (AvgIpc) is 3.11. The van der Waals surface area contributed by atoms with Gasteiger partial charge in [0.25, 0.3) is 0 Å². The third-order valence-corrected chi connectivity index (χ3v) is 5.19. The Bertz CT molecular complexity index is 429. The van der Waals surface area contributed by atoms with Crippen LogP contribution < -0.4 is 4.90 Å². The number of anilines is 1.